The van der Waals surface area contributed by atoms with Crippen LogP contribution >= 0.6 is 11.3 Å². The van der Waals surface area contributed by atoms with E-state index in [9.17, 15) is 13.6 Å². The van der Waals surface area contributed by atoms with Crippen molar-refractivity contribution in [2.75, 3.05) is 12.0 Å². The third-order valence-corrected chi connectivity index (χ3v) is 5.74. The fourth-order valence-corrected chi connectivity index (χ4v) is 4.28. The molecule has 6 nitrogen and oxygen atoms in total. The third-order valence-electron chi connectivity index (χ3n) is 4.71. The van der Waals surface area contributed by atoms with Crippen LogP contribution < -0.4 is 9.64 Å². The molecule has 0 aliphatic heterocycles. The summed E-state index contributed by atoms with van der Waals surface area (Å²) < 4.78 is 44.6. The summed E-state index contributed by atoms with van der Waals surface area (Å²) in [4.78, 5) is 19.0. The van der Waals surface area contributed by atoms with Gasteiger partial charge in [-0.2, -0.15) is 0 Å². The lowest BCUT2D eigenvalue weighted by Gasteiger charge is -2.17. The summed E-state index contributed by atoms with van der Waals surface area (Å²) in [5.74, 6) is -0.976. The molecule has 0 saturated carbocycles. The number of anilines is 1. The van der Waals surface area contributed by atoms with E-state index in [1.165, 1.54) is 24.3 Å². The van der Waals surface area contributed by atoms with Crippen molar-refractivity contribution in [3.63, 3.8) is 0 Å². The molecule has 1 amide bonds. The highest BCUT2D eigenvalue weighted by molar-refractivity contribution is 7.22. The SMILES string of the molecule is COc1cccc2cc(C(=O)N(Cc3ccco3)c3nc4c(F)cc(F)cc4s3)oc12. The molecule has 3 aromatic heterocycles. The number of nitrogens with zero attached hydrogens (tertiary/aromatic N) is 2. The van der Waals surface area contributed by atoms with Crippen LogP contribution in [0.3, 0.4) is 0 Å². The van der Waals surface area contributed by atoms with Gasteiger partial charge in [0, 0.05) is 11.5 Å². The summed E-state index contributed by atoms with van der Waals surface area (Å²) >= 11 is 0.999. The highest BCUT2D eigenvalue weighted by Crippen LogP contribution is 2.34. The van der Waals surface area contributed by atoms with E-state index < -0.39 is 17.5 Å². The topological polar surface area (TPSA) is 68.7 Å². The van der Waals surface area contributed by atoms with Crippen LogP contribution in [0.15, 0.2) is 63.6 Å². The number of amides is 1. The summed E-state index contributed by atoms with van der Waals surface area (Å²) in [6.07, 6.45) is 1.48. The zero-order chi connectivity index (χ0) is 21.5. The first kappa shape index (κ1) is 19.3. The molecule has 0 radical (unpaired) electrons. The second-order valence-corrected chi connectivity index (χ2v) is 7.70. The van der Waals surface area contributed by atoms with Gasteiger partial charge < -0.3 is 13.6 Å². The number of ether oxygens (including phenoxy) is 1. The minimum absolute atomic E-state index is 0.00933. The van der Waals surface area contributed by atoms with Crippen LogP contribution in [0.2, 0.25) is 0 Å². The Morgan fingerprint density at radius 1 is 1.19 bits per heavy atom. The van der Waals surface area contributed by atoms with Crippen LogP contribution in [0.5, 0.6) is 5.75 Å². The lowest BCUT2D eigenvalue weighted by atomic mass is 10.2. The highest BCUT2D eigenvalue weighted by Gasteiger charge is 2.27. The number of hydrogen-bond donors (Lipinski definition) is 0. The Balaban J connectivity index is 1.61. The number of rotatable bonds is 5. The quantitative estimate of drug-likeness (QED) is 0.347. The molecule has 9 heteroatoms. The molecule has 0 unspecified atom stereocenters. The second-order valence-electron chi connectivity index (χ2n) is 6.69. The zero-order valence-corrected chi connectivity index (χ0v) is 16.9. The number of aromatic nitrogens is 1. The number of furan rings is 2. The minimum atomic E-state index is -0.795. The summed E-state index contributed by atoms with van der Waals surface area (Å²) in [5, 5.41) is 0.881. The summed E-state index contributed by atoms with van der Waals surface area (Å²) in [6, 6.07) is 12.2. The predicted octanol–water partition coefficient (Wildman–Crippen LogP) is 5.77. The molecule has 0 spiro atoms. The number of benzene rings is 2. The Hall–Kier alpha value is -3.72. The minimum Gasteiger partial charge on any atom is -0.493 e. The van der Waals surface area contributed by atoms with Crippen LogP contribution in [0.4, 0.5) is 13.9 Å². The van der Waals surface area contributed by atoms with Crippen molar-refractivity contribution in [1.82, 2.24) is 4.98 Å². The van der Waals surface area contributed by atoms with E-state index in [-0.39, 0.29) is 27.7 Å². The van der Waals surface area contributed by atoms with Crippen LogP contribution in [0.25, 0.3) is 21.2 Å². The number of carbonyl (C=O) groups excluding carboxylic acids is 1. The lowest BCUT2D eigenvalue weighted by molar-refractivity contribution is 0.0958. The van der Waals surface area contributed by atoms with Crippen molar-refractivity contribution in [3.8, 4) is 5.75 Å². The van der Waals surface area contributed by atoms with E-state index in [1.54, 1.807) is 36.4 Å². The van der Waals surface area contributed by atoms with Gasteiger partial charge in [0.25, 0.3) is 5.91 Å². The molecule has 5 rings (SSSR count). The van der Waals surface area contributed by atoms with Crippen LogP contribution in [-0.4, -0.2) is 18.0 Å². The van der Waals surface area contributed by atoms with E-state index in [0.29, 0.717) is 22.5 Å². The molecule has 0 aliphatic rings. The number of carbonyl (C=O) groups is 1. The van der Waals surface area contributed by atoms with Gasteiger partial charge in [0.1, 0.15) is 17.1 Å². The summed E-state index contributed by atoms with van der Waals surface area (Å²) in [6.45, 7) is 0.0317. The fourth-order valence-electron chi connectivity index (χ4n) is 3.28. The summed E-state index contributed by atoms with van der Waals surface area (Å²) in [5.41, 5.74) is 0.425. The Morgan fingerprint density at radius 3 is 2.84 bits per heavy atom. The normalized spacial score (nSPS) is 11.3. The molecular formula is C22H14F2N2O4S. The Labute approximate surface area is 178 Å². The van der Waals surface area contributed by atoms with Gasteiger partial charge in [-0.3, -0.25) is 9.69 Å². The van der Waals surface area contributed by atoms with Crippen molar-refractivity contribution < 1.29 is 27.1 Å². The molecule has 0 saturated heterocycles. The standard InChI is InChI=1S/C22H14F2N2O4S/c1-28-16-6-2-4-12-8-17(30-20(12)16)21(27)26(11-14-5-3-7-29-14)22-25-19-15(24)9-13(23)10-18(19)31-22/h2-10H,11H2,1H3. The van der Waals surface area contributed by atoms with Crippen LogP contribution in [0.1, 0.15) is 16.3 Å². The maximum Gasteiger partial charge on any atom is 0.296 e. The van der Waals surface area contributed by atoms with Gasteiger partial charge in [-0.05, 0) is 30.3 Å². The lowest BCUT2D eigenvalue weighted by Crippen LogP contribution is -2.29. The van der Waals surface area contributed by atoms with Gasteiger partial charge in [-0.25, -0.2) is 13.8 Å². The monoisotopic (exact) mass is 440 g/mol. The Kier molecular flexibility index (Phi) is 4.67. The molecule has 3 heterocycles. The Morgan fingerprint density at radius 2 is 2.06 bits per heavy atom. The van der Waals surface area contributed by atoms with Crippen LogP contribution in [-0.2, 0) is 6.54 Å². The molecule has 0 atom stereocenters. The first-order valence-corrected chi connectivity index (χ1v) is 10.0. The fraction of sp³-hybridized carbons (Fsp3) is 0.0909. The maximum atomic E-state index is 14.2. The van der Waals surface area contributed by atoms with Crippen molar-refractivity contribution in [3.05, 3.63) is 77.9 Å². The molecule has 0 fully saturated rings. The number of para-hydroxylation sites is 1. The number of fused-ring (bicyclic) bond motifs is 2. The van der Waals surface area contributed by atoms with E-state index in [2.05, 4.69) is 4.98 Å². The molecule has 0 bridgehead atoms. The van der Waals surface area contributed by atoms with E-state index in [1.807, 2.05) is 0 Å². The smallest absolute Gasteiger partial charge is 0.296 e. The maximum absolute atomic E-state index is 14.2. The third kappa shape index (κ3) is 3.42. The van der Waals surface area contributed by atoms with Gasteiger partial charge in [0.05, 0.1) is 24.6 Å². The average molecular weight is 440 g/mol. The van der Waals surface area contributed by atoms with Gasteiger partial charge in [-0.15, -0.1) is 0 Å². The number of hydrogen-bond acceptors (Lipinski definition) is 6. The van der Waals surface area contributed by atoms with Crippen molar-refractivity contribution in [1.29, 1.82) is 0 Å². The number of halogens is 2. The molecular weight excluding hydrogens is 426 g/mol. The average Bonchev–Trinajstić information content (AvgIpc) is 3.49. The number of methoxy groups -OCH3 is 1. The first-order valence-electron chi connectivity index (χ1n) is 9.20. The molecule has 5 aromatic rings. The Bertz CT molecular complexity index is 1410. The van der Waals surface area contributed by atoms with E-state index in [0.717, 1.165) is 17.4 Å². The van der Waals surface area contributed by atoms with Gasteiger partial charge in [0.15, 0.2) is 28.0 Å². The van der Waals surface area contributed by atoms with Crippen molar-refractivity contribution in [2.45, 2.75) is 6.54 Å². The molecule has 0 aliphatic carbocycles. The van der Waals surface area contributed by atoms with E-state index >= 15 is 0 Å². The first-order chi connectivity index (χ1) is 15.0. The van der Waals surface area contributed by atoms with Gasteiger partial charge >= 0.3 is 0 Å². The molecule has 156 valence electrons. The van der Waals surface area contributed by atoms with Crippen molar-refractivity contribution in [2.24, 2.45) is 0 Å². The second kappa shape index (κ2) is 7.51. The van der Waals surface area contributed by atoms with Gasteiger partial charge in [-0.1, -0.05) is 23.5 Å². The molecule has 0 N–H and O–H groups in total. The summed E-state index contributed by atoms with van der Waals surface area (Å²) in [7, 11) is 1.51. The van der Waals surface area contributed by atoms with Crippen molar-refractivity contribution >= 4 is 43.6 Å². The zero-order valence-electron chi connectivity index (χ0n) is 16.1. The largest absolute Gasteiger partial charge is 0.493 e. The highest BCUT2D eigenvalue weighted by atomic mass is 32.1. The molecule has 31 heavy (non-hydrogen) atoms. The number of thiazole rings is 1. The van der Waals surface area contributed by atoms with Gasteiger partial charge in [0.2, 0.25) is 0 Å². The van der Waals surface area contributed by atoms with E-state index in [4.69, 9.17) is 13.6 Å². The molecule has 2 aromatic carbocycles. The predicted molar refractivity (Wildman–Crippen MR) is 112 cm³/mol. The van der Waals surface area contributed by atoms with Crippen LogP contribution in [0, 0.1) is 11.6 Å².